The molecule has 0 N–H and O–H groups in total. The van der Waals surface area contributed by atoms with Gasteiger partial charge in [0, 0.05) is 48.5 Å². The third kappa shape index (κ3) is 5.90. The van der Waals surface area contributed by atoms with E-state index < -0.39 is 12.0 Å². The number of nitrogens with zero attached hydrogens (tertiary/aromatic N) is 3. The van der Waals surface area contributed by atoms with E-state index in [1.165, 1.54) is 12.7 Å². The van der Waals surface area contributed by atoms with Gasteiger partial charge >= 0.3 is 5.97 Å². The highest BCUT2D eigenvalue weighted by atomic mass is 35.5. The Bertz CT molecular complexity index is 1130. The number of ether oxygens (including phenoxy) is 1. The number of Topliss-reactive ketones (excluding diaryl/α,β-unsaturated/α-hetero) is 1. The smallest absolute Gasteiger partial charge is 0.337 e. The molecule has 4 rings (SSSR count). The van der Waals surface area contributed by atoms with E-state index in [0.717, 1.165) is 43.1 Å². The van der Waals surface area contributed by atoms with Gasteiger partial charge in [-0.3, -0.25) is 19.5 Å². The van der Waals surface area contributed by atoms with Gasteiger partial charge in [0.05, 0.1) is 25.1 Å². The Morgan fingerprint density at radius 2 is 1.86 bits per heavy atom. The van der Waals surface area contributed by atoms with Crippen molar-refractivity contribution >= 4 is 29.3 Å². The number of amides is 1. The van der Waals surface area contributed by atoms with Gasteiger partial charge in [-0.25, -0.2) is 4.79 Å². The summed E-state index contributed by atoms with van der Waals surface area (Å²) in [5, 5.41) is 0.776. The third-order valence-electron chi connectivity index (χ3n) is 6.99. The Balaban J connectivity index is 1.39. The third-order valence-corrected chi connectivity index (χ3v) is 7.41. The molecule has 1 aromatic heterocycles. The minimum Gasteiger partial charge on any atom is -0.465 e. The molecule has 0 spiro atoms. The highest BCUT2D eigenvalue weighted by molar-refractivity contribution is 6.31. The summed E-state index contributed by atoms with van der Waals surface area (Å²) < 4.78 is 4.80. The lowest BCUT2D eigenvalue weighted by Gasteiger charge is -2.39. The normalized spacial score (nSPS) is 19.3. The number of benzene rings is 1. The topological polar surface area (TPSA) is 79.8 Å². The van der Waals surface area contributed by atoms with Crippen LogP contribution in [0.5, 0.6) is 0 Å². The zero-order valence-corrected chi connectivity index (χ0v) is 21.3. The summed E-state index contributed by atoms with van der Waals surface area (Å²) in [7, 11) is 1.33. The van der Waals surface area contributed by atoms with E-state index in [-0.39, 0.29) is 24.2 Å². The lowest BCUT2D eigenvalue weighted by Crippen LogP contribution is -2.50. The Hall–Kier alpha value is -2.77. The number of carbonyl (C=O) groups excluding carboxylic acids is 3. The number of piperidine rings is 1. The maximum absolute atomic E-state index is 13.3. The van der Waals surface area contributed by atoms with E-state index in [1.54, 1.807) is 19.1 Å². The molecular formula is C27H32ClN3O4. The average molecular weight is 498 g/mol. The Morgan fingerprint density at radius 1 is 1.11 bits per heavy atom. The summed E-state index contributed by atoms with van der Waals surface area (Å²) in [5.41, 5.74) is 3.86. The Kier molecular flexibility index (Phi) is 7.87. The lowest BCUT2D eigenvalue weighted by atomic mass is 9.98. The van der Waals surface area contributed by atoms with Crippen molar-refractivity contribution in [1.82, 2.24) is 14.8 Å². The van der Waals surface area contributed by atoms with E-state index in [9.17, 15) is 14.4 Å². The first-order valence-electron chi connectivity index (χ1n) is 12.1. The summed E-state index contributed by atoms with van der Waals surface area (Å²) in [4.78, 5) is 46.7. The summed E-state index contributed by atoms with van der Waals surface area (Å²) in [6, 6.07) is 9.01. The number of hydrogen-bond acceptors (Lipinski definition) is 6. The largest absolute Gasteiger partial charge is 0.465 e. The van der Waals surface area contributed by atoms with Gasteiger partial charge in [0.2, 0.25) is 5.91 Å². The first-order chi connectivity index (χ1) is 16.7. The molecule has 0 saturated carbocycles. The molecule has 8 heteroatoms. The highest BCUT2D eigenvalue weighted by Gasteiger charge is 2.41. The van der Waals surface area contributed by atoms with Crippen LogP contribution in [0.3, 0.4) is 0 Å². The van der Waals surface area contributed by atoms with Crippen LogP contribution in [0, 0.1) is 13.8 Å². The number of aryl methyl sites for hydroxylation is 2. The van der Waals surface area contributed by atoms with E-state index in [0.29, 0.717) is 29.8 Å². The number of halogens is 1. The fourth-order valence-electron chi connectivity index (χ4n) is 5.26. The van der Waals surface area contributed by atoms with E-state index in [1.807, 2.05) is 17.9 Å². The Labute approximate surface area is 211 Å². The minimum absolute atomic E-state index is 0.0242. The monoisotopic (exact) mass is 497 g/mol. The zero-order valence-electron chi connectivity index (χ0n) is 20.6. The molecule has 0 unspecified atom stereocenters. The molecule has 0 radical (unpaired) electrons. The number of aromatic nitrogens is 1. The fraction of sp³-hybridized carbons (Fsp3) is 0.481. The summed E-state index contributed by atoms with van der Waals surface area (Å²) in [6.45, 7) is 6.39. The SMILES string of the molecule is COC(=O)c1cc(C)nc(CC(=O)[C@H]2CCC(=O)N2C2CCN(Cc3ccc(Cl)c(C)c3)CC2)c1. The van der Waals surface area contributed by atoms with Crippen molar-refractivity contribution in [1.29, 1.82) is 0 Å². The van der Waals surface area contributed by atoms with Crippen molar-refractivity contribution in [3.63, 3.8) is 0 Å². The van der Waals surface area contributed by atoms with E-state index in [4.69, 9.17) is 16.3 Å². The van der Waals surface area contributed by atoms with Gasteiger partial charge in [-0.1, -0.05) is 23.7 Å². The molecular weight excluding hydrogens is 466 g/mol. The molecule has 3 heterocycles. The summed E-state index contributed by atoms with van der Waals surface area (Å²) >= 11 is 6.15. The van der Waals surface area contributed by atoms with Crippen molar-refractivity contribution in [2.75, 3.05) is 20.2 Å². The van der Waals surface area contributed by atoms with Gasteiger partial charge in [0.1, 0.15) is 0 Å². The van der Waals surface area contributed by atoms with Crippen molar-refractivity contribution in [3.05, 3.63) is 63.4 Å². The predicted octanol–water partition coefficient (Wildman–Crippen LogP) is 3.91. The number of hydrogen-bond donors (Lipinski definition) is 0. The number of likely N-dealkylation sites (tertiary alicyclic amines) is 2. The van der Waals surface area contributed by atoms with Crippen LogP contribution < -0.4 is 0 Å². The van der Waals surface area contributed by atoms with Crippen LogP contribution in [0.1, 0.15) is 58.6 Å². The molecule has 1 aromatic carbocycles. The van der Waals surface area contributed by atoms with Crippen molar-refractivity contribution in [2.45, 2.75) is 64.6 Å². The van der Waals surface area contributed by atoms with Crippen LogP contribution in [-0.4, -0.2) is 64.7 Å². The molecule has 35 heavy (non-hydrogen) atoms. The quantitative estimate of drug-likeness (QED) is 0.540. The van der Waals surface area contributed by atoms with Gasteiger partial charge in [-0.05, 0) is 62.4 Å². The van der Waals surface area contributed by atoms with Crippen molar-refractivity contribution in [2.24, 2.45) is 0 Å². The molecule has 2 aliphatic heterocycles. The number of methoxy groups -OCH3 is 1. The number of ketones is 1. The van der Waals surface area contributed by atoms with Crippen LogP contribution in [0.15, 0.2) is 30.3 Å². The second kappa shape index (κ2) is 10.9. The summed E-state index contributed by atoms with van der Waals surface area (Å²) in [5.74, 6) is -0.422. The van der Waals surface area contributed by atoms with E-state index >= 15 is 0 Å². The maximum atomic E-state index is 13.3. The molecule has 1 atom stereocenters. The first kappa shape index (κ1) is 25.3. The molecule has 2 saturated heterocycles. The predicted molar refractivity (Wildman–Crippen MR) is 133 cm³/mol. The molecule has 2 fully saturated rings. The number of carbonyl (C=O) groups is 3. The fourth-order valence-corrected chi connectivity index (χ4v) is 5.37. The number of rotatable bonds is 7. The van der Waals surface area contributed by atoms with Crippen LogP contribution in [0.2, 0.25) is 5.02 Å². The first-order valence-corrected chi connectivity index (χ1v) is 12.5. The van der Waals surface area contributed by atoms with Gasteiger partial charge in [-0.15, -0.1) is 0 Å². The molecule has 1 amide bonds. The lowest BCUT2D eigenvalue weighted by molar-refractivity contribution is -0.137. The molecule has 186 valence electrons. The van der Waals surface area contributed by atoms with Crippen LogP contribution in [0.25, 0.3) is 0 Å². The molecule has 0 aliphatic carbocycles. The van der Waals surface area contributed by atoms with Crippen LogP contribution >= 0.6 is 11.6 Å². The van der Waals surface area contributed by atoms with Crippen LogP contribution in [0.4, 0.5) is 0 Å². The molecule has 0 bridgehead atoms. The Morgan fingerprint density at radius 3 is 2.54 bits per heavy atom. The number of pyridine rings is 1. The highest BCUT2D eigenvalue weighted by Crippen LogP contribution is 2.29. The maximum Gasteiger partial charge on any atom is 0.337 e. The second-order valence-corrected chi connectivity index (χ2v) is 9.98. The van der Waals surface area contributed by atoms with Crippen LogP contribution in [-0.2, 0) is 27.3 Å². The van der Waals surface area contributed by atoms with E-state index in [2.05, 4.69) is 22.0 Å². The van der Waals surface area contributed by atoms with Gasteiger partial charge in [0.15, 0.2) is 5.78 Å². The summed E-state index contributed by atoms with van der Waals surface area (Å²) in [6.07, 6.45) is 2.72. The van der Waals surface area contributed by atoms with Crippen molar-refractivity contribution < 1.29 is 19.1 Å². The molecule has 2 aromatic rings. The molecule has 2 aliphatic rings. The molecule has 7 nitrogen and oxygen atoms in total. The standard InChI is InChI=1S/C27H32ClN3O4/c1-17-12-19(4-5-23(17)28)16-30-10-8-22(9-11-30)31-24(6-7-26(31)33)25(32)15-21-14-20(27(34)35-3)13-18(2)29-21/h4-5,12-14,22,24H,6-11,15-16H2,1-3H3/t24-/m1/s1. The second-order valence-electron chi connectivity index (χ2n) is 9.57. The van der Waals surface area contributed by atoms with Gasteiger partial charge in [-0.2, -0.15) is 0 Å². The minimum atomic E-state index is -0.456. The van der Waals surface area contributed by atoms with Gasteiger partial charge < -0.3 is 9.64 Å². The van der Waals surface area contributed by atoms with Gasteiger partial charge in [0.25, 0.3) is 0 Å². The average Bonchev–Trinajstić information content (AvgIpc) is 3.22. The van der Waals surface area contributed by atoms with Crippen molar-refractivity contribution in [3.8, 4) is 0 Å². The number of esters is 1. The zero-order chi connectivity index (χ0) is 25.1.